The van der Waals surface area contributed by atoms with Crippen molar-refractivity contribution in [1.82, 2.24) is 9.80 Å². The number of nitrogens with zero attached hydrogens (tertiary/aromatic N) is 2. The lowest BCUT2D eigenvalue weighted by molar-refractivity contribution is -0.134. The molecule has 0 unspecified atom stereocenters. The fraction of sp³-hybridized carbons (Fsp3) is 0.417. The van der Waals surface area contributed by atoms with Crippen molar-refractivity contribution in [2.45, 2.75) is 6.54 Å². The van der Waals surface area contributed by atoms with Gasteiger partial charge in [-0.05, 0) is 11.6 Å². The van der Waals surface area contributed by atoms with Crippen molar-refractivity contribution in [3.05, 3.63) is 34.3 Å². The molecule has 2 rings (SSSR count). The Morgan fingerprint density at radius 1 is 1.31 bits per heavy atom. The smallest absolute Gasteiger partial charge is 0.236 e. The quantitative estimate of drug-likeness (QED) is 0.825. The van der Waals surface area contributed by atoms with E-state index < -0.39 is 0 Å². The zero-order valence-electron chi connectivity index (χ0n) is 9.32. The second kappa shape index (κ2) is 4.97. The van der Waals surface area contributed by atoms with Gasteiger partial charge in [0, 0.05) is 31.2 Å². The zero-order valence-corrected chi connectivity index (χ0v) is 10.9. The topological polar surface area (TPSA) is 23.6 Å². The van der Waals surface area contributed by atoms with Crippen LogP contribution in [0.25, 0.3) is 0 Å². The van der Waals surface area contributed by atoms with Crippen molar-refractivity contribution < 1.29 is 4.79 Å². The highest BCUT2D eigenvalue weighted by Crippen LogP contribution is 2.18. The third-order valence-electron chi connectivity index (χ3n) is 2.89. The van der Waals surface area contributed by atoms with Crippen LogP contribution in [0.4, 0.5) is 0 Å². The third-order valence-corrected chi connectivity index (χ3v) is 3.66. The van der Waals surface area contributed by atoms with Crippen LogP contribution >= 0.6 is 15.9 Å². The summed E-state index contributed by atoms with van der Waals surface area (Å²) < 4.78 is 1.11. The Morgan fingerprint density at radius 3 is 2.75 bits per heavy atom. The first-order valence-corrected chi connectivity index (χ1v) is 6.16. The fourth-order valence-electron chi connectivity index (χ4n) is 1.81. The lowest BCUT2D eigenvalue weighted by atomic mass is 10.2. The maximum atomic E-state index is 11.6. The Labute approximate surface area is 104 Å². The van der Waals surface area contributed by atoms with Crippen molar-refractivity contribution in [1.29, 1.82) is 0 Å². The molecule has 0 aliphatic carbocycles. The predicted octanol–water partition coefficient (Wildman–Crippen LogP) is 1.72. The highest BCUT2D eigenvalue weighted by molar-refractivity contribution is 9.10. The summed E-state index contributed by atoms with van der Waals surface area (Å²) in [4.78, 5) is 15.5. The van der Waals surface area contributed by atoms with Crippen LogP contribution in [0.15, 0.2) is 28.7 Å². The normalized spacial score (nSPS) is 17.9. The van der Waals surface area contributed by atoms with E-state index in [2.05, 4.69) is 26.9 Å². The molecule has 0 bridgehead atoms. The zero-order chi connectivity index (χ0) is 11.5. The number of halogens is 1. The van der Waals surface area contributed by atoms with Gasteiger partial charge in [0.1, 0.15) is 0 Å². The van der Waals surface area contributed by atoms with Gasteiger partial charge < -0.3 is 4.90 Å². The minimum Gasteiger partial charge on any atom is -0.343 e. The predicted molar refractivity (Wildman–Crippen MR) is 67.1 cm³/mol. The van der Waals surface area contributed by atoms with Gasteiger partial charge in [-0.25, -0.2) is 0 Å². The van der Waals surface area contributed by atoms with Crippen LogP contribution in [0, 0.1) is 0 Å². The molecule has 0 aromatic heterocycles. The Bertz CT molecular complexity index is 394. The molecule has 0 spiro atoms. The molecule has 0 atom stereocenters. The Hall–Kier alpha value is -0.870. The van der Waals surface area contributed by atoms with Crippen LogP contribution in [-0.2, 0) is 11.3 Å². The highest BCUT2D eigenvalue weighted by Gasteiger charge is 2.21. The number of likely N-dealkylation sites (N-methyl/N-ethyl adjacent to an activating group) is 1. The minimum atomic E-state index is 0.207. The summed E-state index contributed by atoms with van der Waals surface area (Å²) in [5.41, 5.74) is 1.24. The van der Waals surface area contributed by atoms with E-state index in [0.29, 0.717) is 6.54 Å². The molecule has 1 aromatic rings. The molecule has 3 nitrogen and oxygen atoms in total. The van der Waals surface area contributed by atoms with Crippen LogP contribution in [0.1, 0.15) is 5.56 Å². The molecule has 0 radical (unpaired) electrons. The molecular weight excluding hydrogens is 268 g/mol. The van der Waals surface area contributed by atoms with Gasteiger partial charge in [-0.2, -0.15) is 0 Å². The second-order valence-corrected chi connectivity index (χ2v) is 4.97. The maximum Gasteiger partial charge on any atom is 0.236 e. The SMILES string of the molecule is CN1CCN(Cc2ccccc2Br)CC1=O. The first-order valence-electron chi connectivity index (χ1n) is 5.36. The van der Waals surface area contributed by atoms with Gasteiger partial charge in [-0.15, -0.1) is 0 Å². The molecule has 0 N–H and O–H groups in total. The van der Waals surface area contributed by atoms with Gasteiger partial charge in [-0.1, -0.05) is 34.1 Å². The number of benzene rings is 1. The molecule has 1 heterocycles. The van der Waals surface area contributed by atoms with Crippen molar-refractivity contribution in [2.75, 3.05) is 26.7 Å². The average Bonchev–Trinajstić information content (AvgIpc) is 2.27. The summed E-state index contributed by atoms with van der Waals surface area (Å²) in [7, 11) is 1.86. The van der Waals surface area contributed by atoms with Gasteiger partial charge in [0.25, 0.3) is 0 Å². The van der Waals surface area contributed by atoms with E-state index in [0.717, 1.165) is 24.1 Å². The Morgan fingerprint density at radius 2 is 2.06 bits per heavy atom. The lowest BCUT2D eigenvalue weighted by Crippen LogP contribution is -2.47. The number of amides is 1. The highest BCUT2D eigenvalue weighted by atomic mass is 79.9. The molecule has 1 aliphatic heterocycles. The molecule has 16 heavy (non-hydrogen) atoms. The molecule has 4 heteroatoms. The van der Waals surface area contributed by atoms with E-state index in [1.807, 2.05) is 25.2 Å². The largest absolute Gasteiger partial charge is 0.343 e. The first kappa shape index (κ1) is 11.6. The molecule has 1 fully saturated rings. The van der Waals surface area contributed by atoms with Crippen LogP contribution in [-0.4, -0.2) is 42.4 Å². The van der Waals surface area contributed by atoms with Gasteiger partial charge in [0.2, 0.25) is 5.91 Å². The van der Waals surface area contributed by atoms with E-state index in [9.17, 15) is 4.79 Å². The summed E-state index contributed by atoms with van der Waals surface area (Å²) in [6.45, 7) is 3.13. The maximum absolute atomic E-state index is 11.6. The number of hydrogen-bond acceptors (Lipinski definition) is 2. The minimum absolute atomic E-state index is 0.207. The lowest BCUT2D eigenvalue weighted by Gasteiger charge is -2.32. The Kier molecular flexibility index (Phi) is 3.61. The molecule has 86 valence electrons. The van der Waals surface area contributed by atoms with Crippen molar-refractivity contribution >= 4 is 21.8 Å². The van der Waals surface area contributed by atoms with Crippen LogP contribution in [0.5, 0.6) is 0 Å². The van der Waals surface area contributed by atoms with E-state index >= 15 is 0 Å². The number of piperazine rings is 1. The van der Waals surface area contributed by atoms with Gasteiger partial charge in [0.15, 0.2) is 0 Å². The summed E-state index contributed by atoms with van der Waals surface area (Å²) in [6, 6.07) is 8.15. The number of hydrogen-bond donors (Lipinski definition) is 0. The summed E-state index contributed by atoms with van der Waals surface area (Å²) in [5, 5.41) is 0. The number of carbonyl (C=O) groups is 1. The number of rotatable bonds is 2. The molecular formula is C12H15BrN2O. The average molecular weight is 283 g/mol. The molecule has 1 aromatic carbocycles. The molecule has 1 aliphatic rings. The third kappa shape index (κ3) is 2.62. The molecule has 0 saturated carbocycles. The van der Waals surface area contributed by atoms with E-state index in [4.69, 9.17) is 0 Å². The van der Waals surface area contributed by atoms with Crippen LogP contribution < -0.4 is 0 Å². The van der Waals surface area contributed by atoms with Crippen molar-refractivity contribution in [3.63, 3.8) is 0 Å². The van der Waals surface area contributed by atoms with E-state index in [-0.39, 0.29) is 5.91 Å². The monoisotopic (exact) mass is 282 g/mol. The summed E-state index contributed by atoms with van der Waals surface area (Å²) in [5.74, 6) is 0.207. The van der Waals surface area contributed by atoms with Crippen molar-refractivity contribution in [2.24, 2.45) is 0 Å². The molecule has 1 saturated heterocycles. The Balaban J connectivity index is 2.01. The van der Waals surface area contributed by atoms with E-state index in [1.54, 1.807) is 4.90 Å². The fourth-order valence-corrected chi connectivity index (χ4v) is 2.22. The summed E-state index contributed by atoms with van der Waals surface area (Å²) >= 11 is 3.53. The van der Waals surface area contributed by atoms with E-state index in [1.165, 1.54) is 5.56 Å². The van der Waals surface area contributed by atoms with Crippen LogP contribution in [0.2, 0.25) is 0 Å². The standard InChI is InChI=1S/C12H15BrN2O/c1-14-6-7-15(9-12(14)16)8-10-4-2-3-5-11(10)13/h2-5H,6-9H2,1H3. The first-order chi connectivity index (χ1) is 7.66. The summed E-state index contributed by atoms with van der Waals surface area (Å²) in [6.07, 6.45) is 0. The van der Waals surface area contributed by atoms with Gasteiger partial charge >= 0.3 is 0 Å². The molecule has 1 amide bonds. The van der Waals surface area contributed by atoms with Gasteiger partial charge in [0.05, 0.1) is 6.54 Å². The van der Waals surface area contributed by atoms with Gasteiger partial charge in [-0.3, -0.25) is 9.69 Å². The second-order valence-electron chi connectivity index (χ2n) is 4.12. The van der Waals surface area contributed by atoms with Crippen LogP contribution in [0.3, 0.4) is 0 Å². The number of carbonyl (C=O) groups excluding carboxylic acids is 1. The van der Waals surface area contributed by atoms with Crippen molar-refractivity contribution in [3.8, 4) is 0 Å².